The lowest BCUT2D eigenvalue weighted by Gasteiger charge is -2.28. The van der Waals surface area contributed by atoms with Gasteiger partial charge in [-0.15, -0.1) is 0 Å². The van der Waals surface area contributed by atoms with Crippen molar-refractivity contribution in [3.63, 3.8) is 0 Å². The molecular formula is C13H29N3. The van der Waals surface area contributed by atoms with Crippen molar-refractivity contribution < 1.29 is 0 Å². The number of guanidine groups is 1. The van der Waals surface area contributed by atoms with Gasteiger partial charge in [0.1, 0.15) is 0 Å². The summed E-state index contributed by atoms with van der Waals surface area (Å²) in [7, 11) is 0. The summed E-state index contributed by atoms with van der Waals surface area (Å²) in [5.41, 5.74) is 6.20. The lowest BCUT2D eigenvalue weighted by molar-refractivity contribution is 0.263. The van der Waals surface area contributed by atoms with E-state index in [1.807, 2.05) is 0 Å². The number of aliphatic imine (C=N–C) groups is 1. The van der Waals surface area contributed by atoms with Crippen molar-refractivity contribution in [1.82, 2.24) is 5.32 Å². The third-order valence-corrected chi connectivity index (χ3v) is 3.84. The van der Waals surface area contributed by atoms with Gasteiger partial charge in [0.2, 0.25) is 0 Å². The number of nitrogens with two attached hydrogens (primary N) is 1. The predicted octanol–water partition coefficient (Wildman–Crippen LogP) is 2.91. The number of nitrogens with zero attached hydrogens (tertiary/aromatic N) is 1. The molecule has 0 heterocycles. The molecular weight excluding hydrogens is 198 g/mol. The highest BCUT2D eigenvalue weighted by molar-refractivity contribution is 5.78. The third-order valence-electron chi connectivity index (χ3n) is 3.84. The molecule has 0 radical (unpaired) electrons. The minimum absolute atomic E-state index is 0.335. The van der Waals surface area contributed by atoms with Crippen molar-refractivity contribution >= 4 is 5.96 Å². The van der Waals surface area contributed by atoms with E-state index >= 15 is 0 Å². The molecule has 3 heteroatoms. The fourth-order valence-corrected chi connectivity index (χ4v) is 1.74. The van der Waals surface area contributed by atoms with Gasteiger partial charge >= 0.3 is 0 Å². The molecule has 0 fully saturated rings. The summed E-state index contributed by atoms with van der Waals surface area (Å²) in [5, 5.41) is 3.20. The van der Waals surface area contributed by atoms with Gasteiger partial charge in [0.25, 0.3) is 0 Å². The van der Waals surface area contributed by atoms with E-state index in [4.69, 9.17) is 5.73 Å². The second kappa shape index (κ2) is 7.53. The van der Waals surface area contributed by atoms with Crippen molar-refractivity contribution in [2.45, 2.75) is 66.3 Å². The fourth-order valence-electron chi connectivity index (χ4n) is 1.74. The van der Waals surface area contributed by atoms with E-state index in [1.165, 1.54) is 19.3 Å². The van der Waals surface area contributed by atoms with Crippen LogP contribution in [0.5, 0.6) is 0 Å². The molecule has 0 amide bonds. The number of nitrogens with one attached hydrogen (secondary N) is 1. The maximum absolute atomic E-state index is 5.86. The molecule has 0 bridgehead atoms. The molecule has 0 aliphatic rings. The van der Waals surface area contributed by atoms with Crippen LogP contribution in [0.25, 0.3) is 0 Å². The van der Waals surface area contributed by atoms with Gasteiger partial charge in [0.05, 0.1) is 0 Å². The van der Waals surface area contributed by atoms with Crippen LogP contribution >= 0.6 is 0 Å². The van der Waals surface area contributed by atoms with Crippen LogP contribution in [0.15, 0.2) is 4.99 Å². The molecule has 0 aliphatic carbocycles. The molecule has 1 atom stereocenters. The first-order valence-electron chi connectivity index (χ1n) is 6.60. The minimum atomic E-state index is 0.335. The monoisotopic (exact) mass is 227 g/mol. The fraction of sp³-hybridized carbons (Fsp3) is 0.923. The number of hydrogen-bond donors (Lipinski definition) is 2. The van der Waals surface area contributed by atoms with Crippen molar-refractivity contribution in [3.05, 3.63) is 0 Å². The maximum atomic E-state index is 5.86. The normalized spacial score (nSPS) is 14.9. The molecule has 0 saturated carbocycles. The van der Waals surface area contributed by atoms with Crippen LogP contribution in [-0.4, -0.2) is 18.5 Å². The maximum Gasteiger partial charge on any atom is 0.188 e. The standard InChI is InChI=1S/C13H29N3/c1-6-11(5)16-12(14)15-10-13(7-2,8-3)9-4/h11H,6-10H2,1-5H3,(H3,14,15,16). The average molecular weight is 227 g/mol. The topological polar surface area (TPSA) is 50.4 Å². The van der Waals surface area contributed by atoms with Crippen molar-refractivity contribution in [2.75, 3.05) is 6.54 Å². The van der Waals surface area contributed by atoms with E-state index in [9.17, 15) is 0 Å². The Morgan fingerprint density at radius 1 is 1.19 bits per heavy atom. The van der Waals surface area contributed by atoms with Crippen LogP contribution in [-0.2, 0) is 0 Å². The molecule has 16 heavy (non-hydrogen) atoms. The van der Waals surface area contributed by atoms with E-state index in [-0.39, 0.29) is 0 Å². The Morgan fingerprint density at radius 3 is 2.06 bits per heavy atom. The molecule has 1 unspecified atom stereocenters. The molecule has 0 spiro atoms. The zero-order valence-electron chi connectivity index (χ0n) is 11.6. The van der Waals surface area contributed by atoms with Gasteiger partial charge in [0, 0.05) is 12.6 Å². The number of rotatable bonds is 7. The van der Waals surface area contributed by atoms with Crippen molar-refractivity contribution in [2.24, 2.45) is 16.1 Å². The Morgan fingerprint density at radius 2 is 1.69 bits per heavy atom. The van der Waals surface area contributed by atoms with E-state index in [2.05, 4.69) is 44.9 Å². The molecule has 3 N–H and O–H groups in total. The van der Waals surface area contributed by atoms with Gasteiger partial charge in [-0.2, -0.15) is 0 Å². The van der Waals surface area contributed by atoms with Crippen LogP contribution in [0, 0.1) is 5.41 Å². The second-order valence-electron chi connectivity index (χ2n) is 4.72. The highest BCUT2D eigenvalue weighted by atomic mass is 15.1. The summed E-state index contributed by atoms with van der Waals surface area (Å²) in [5.74, 6) is 0.592. The zero-order chi connectivity index (χ0) is 12.6. The molecule has 0 aromatic heterocycles. The van der Waals surface area contributed by atoms with E-state index in [1.54, 1.807) is 0 Å². The third kappa shape index (κ3) is 4.86. The largest absolute Gasteiger partial charge is 0.370 e. The molecule has 0 aromatic carbocycles. The summed E-state index contributed by atoms with van der Waals surface area (Å²) < 4.78 is 0. The van der Waals surface area contributed by atoms with Crippen LogP contribution in [0.4, 0.5) is 0 Å². The molecule has 3 nitrogen and oxygen atoms in total. The summed E-state index contributed by atoms with van der Waals surface area (Å²) in [4.78, 5) is 4.48. The van der Waals surface area contributed by atoms with Gasteiger partial charge in [-0.1, -0.05) is 27.7 Å². The molecule has 96 valence electrons. The molecule has 0 aromatic rings. The first-order chi connectivity index (χ1) is 7.53. The van der Waals surface area contributed by atoms with E-state index in [0.717, 1.165) is 13.0 Å². The van der Waals surface area contributed by atoms with Gasteiger partial charge in [0.15, 0.2) is 5.96 Å². The second-order valence-corrected chi connectivity index (χ2v) is 4.72. The first-order valence-corrected chi connectivity index (χ1v) is 6.60. The first kappa shape index (κ1) is 15.3. The van der Waals surface area contributed by atoms with Crippen LogP contribution in [0.1, 0.15) is 60.3 Å². The Kier molecular flexibility index (Phi) is 7.18. The van der Waals surface area contributed by atoms with Crippen molar-refractivity contribution in [3.8, 4) is 0 Å². The van der Waals surface area contributed by atoms with Crippen LogP contribution in [0.3, 0.4) is 0 Å². The van der Waals surface area contributed by atoms with Crippen molar-refractivity contribution in [1.29, 1.82) is 0 Å². The van der Waals surface area contributed by atoms with E-state index in [0.29, 0.717) is 17.4 Å². The summed E-state index contributed by atoms with van der Waals surface area (Å²) in [6.07, 6.45) is 4.57. The van der Waals surface area contributed by atoms with Gasteiger partial charge in [-0.25, -0.2) is 0 Å². The lowest BCUT2D eigenvalue weighted by Crippen LogP contribution is -2.39. The molecule has 0 saturated heterocycles. The average Bonchev–Trinajstić information content (AvgIpc) is 2.31. The van der Waals surface area contributed by atoms with Crippen LogP contribution in [0.2, 0.25) is 0 Å². The Balaban J connectivity index is 4.31. The van der Waals surface area contributed by atoms with Gasteiger partial charge in [-0.3, -0.25) is 4.99 Å². The Hall–Kier alpha value is -0.730. The highest BCUT2D eigenvalue weighted by Crippen LogP contribution is 2.30. The van der Waals surface area contributed by atoms with E-state index < -0.39 is 0 Å². The van der Waals surface area contributed by atoms with Gasteiger partial charge in [-0.05, 0) is 38.0 Å². The Bertz CT molecular complexity index is 199. The van der Waals surface area contributed by atoms with Crippen LogP contribution < -0.4 is 11.1 Å². The lowest BCUT2D eigenvalue weighted by atomic mass is 9.80. The summed E-state index contributed by atoms with van der Waals surface area (Å²) >= 11 is 0. The molecule has 0 aliphatic heterocycles. The minimum Gasteiger partial charge on any atom is -0.370 e. The number of hydrogen-bond acceptors (Lipinski definition) is 1. The quantitative estimate of drug-likeness (QED) is 0.519. The summed E-state index contributed by atoms with van der Waals surface area (Å²) in [6.45, 7) is 11.8. The van der Waals surface area contributed by atoms with Gasteiger partial charge < -0.3 is 11.1 Å². The molecule has 0 rings (SSSR count). The SMILES string of the molecule is CCC(C)NC(N)=NCC(CC)(CC)CC. The summed E-state index contributed by atoms with van der Waals surface area (Å²) in [6, 6.07) is 0.406. The predicted molar refractivity (Wildman–Crippen MR) is 72.7 cm³/mol. The highest BCUT2D eigenvalue weighted by Gasteiger charge is 2.23. The smallest absolute Gasteiger partial charge is 0.188 e. The zero-order valence-corrected chi connectivity index (χ0v) is 11.6. The Labute approximate surface area is 101 Å².